The quantitative estimate of drug-likeness (QED) is 0.468. The number of rotatable bonds is 6. The number of hydrogen-bond donors (Lipinski definition) is 1. The lowest BCUT2D eigenvalue weighted by Crippen LogP contribution is -2.14. The van der Waals surface area contributed by atoms with Crippen LogP contribution in [-0.2, 0) is 15.7 Å². The minimum atomic E-state index is -4.57. The van der Waals surface area contributed by atoms with E-state index in [0.717, 1.165) is 18.2 Å². The van der Waals surface area contributed by atoms with Crippen LogP contribution in [-0.4, -0.2) is 30.6 Å². The molecular formula is C19H15F3O5. The van der Waals surface area contributed by atoms with E-state index >= 15 is 0 Å². The van der Waals surface area contributed by atoms with Crippen LogP contribution in [0, 0.1) is 0 Å². The van der Waals surface area contributed by atoms with Crippen molar-refractivity contribution in [1.29, 1.82) is 0 Å². The Morgan fingerprint density at radius 2 is 1.89 bits per heavy atom. The molecule has 0 saturated heterocycles. The van der Waals surface area contributed by atoms with Crippen LogP contribution in [0.25, 0.3) is 6.08 Å². The van der Waals surface area contributed by atoms with E-state index in [1.807, 2.05) is 0 Å². The molecule has 0 atom stereocenters. The van der Waals surface area contributed by atoms with Crippen LogP contribution < -0.4 is 4.74 Å². The van der Waals surface area contributed by atoms with Gasteiger partial charge in [-0.15, -0.1) is 0 Å². The molecule has 1 N–H and O–H groups in total. The number of ketones is 1. The minimum absolute atomic E-state index is 0.0658. The van der Waals surface area contributed by atoms with Crippen molar-refractivity contribution in [2.45, 2.75) is 6.18 Å². The Bertz CT molecular complexity index is 872. The Kier molecular flexibility index (Phi) is 6.23. The molecule has 0 saturated carbocycles. The molecule has 0 unspecified atom stereocenters. The lowest BCUT2D eigenvalue weighted by atomic mass is 10.1. The van der Waals surface area contributed by atoms with Gasteiger partial charge in [-0.25, -0.2) is 4.79 Å². The average molecular weight is 380 g/mol. The number of carbonyl (C=O) groups excluding carboxylic acids is 2. The smallest absolute Gasteiger partial charge is 0.416 e. The third-order valence-electron chi connectivity index (χ3n) is 3.47. The molecule has 27 heavy (non-hydrogen) atoms. The second-order valence-electron chi connectivity index (χ2n) is 5.37. The first-order chi connectivity index (χ1) is 12.7. The van der Waals surface area contributed by atoms with E-state index in [4.69, 9.17) is 9.47 Å². The summed E-state index contributed by atoms with van der Waals surface area (Å²) in [5.74, 6) is -1.45. The molecule has 0 radical (unpaired) electrons. The molecule has 0 fully saturated rings. The minimum Gasteiger partial charge on any atom is -0.504 e. The third kappa shape index (κ3) is 5.60. The lowest BCUT2D eigenvalue weighted by molar-refractivity contribution is -0.138. The molecule has 2 rings (SSSR count). The van der Waals surface area contributed by atoms with Gasteiger partial charge in [-0.3, -0.25) is 4.79 Å². The van der Waals surface area contributed by atoms with Gasteiger partial charge in [-0.1, -0.05) is 18.2 Å². The fourth-order valence-corrected chi connectivity index (χ4v) is 2.10. The number of halogens is 3. The van der Waals surface area contributed by atoms with Gasteiger partial charge in [0.05, 0.1) is 12.7 Å². The summed E-state index contributed by atoms with van der Waals surface area (Å²) in [6.45, 7) is -0.691. The molecule has 0 spiro atoms. The molecule has 0 aliphatic rings. The summed E-state index contributed by atoms with van der Waals surface area (Å²) >= 11 is 0. The van der Waals surface area contributed by atoms with Crippen molar-refractivity contribution >= 4 is 17.8 Å². The number of hydrogen-bond acceptors (Lipinski definition) is 5. The molecule has 2 aromatic rings. The lowest BCUT2D eigenvalue weighted by Gasteiger charge is -2.08. The molecule has 0 aliphatic carbocycles. The largest absolute Gasteiger partial charge is 0.504 e. The van der Waals surface area contributed by atoms with E-state index in [-0.39, 0.29) is 17.1 Å². The van der Waals surface area contributed by atoms with Crippen molar-refractivity contribution in [2.75, 3.05) is 13.7 Å². The summed E-state index contributed by atoms with van der Waals surface area (Å²) in [5.41, 5.74) is -0.628. The summed E-state index contributed by atoms with van der Waals surface area (Å²) < 4.78 is 47.6. The zero-order valence-corrected chi connectivity index (χ0v) is 14.1. The highest BCUT2D eigenvalue weighted by Gasteiger charge is 2.30. The highest BCUT2D eigenvalue weighted by Crippen LogP contribution is 2.29. The zero-order valence-electron chi connectivity index (χ0n) is 14.1. The van der Waals surface area contributed by atoms with E-state index in [9.17, 15) is 27.9 Å². The number of esters is 1. The number of alkyl halides is 3. The van der Waals surface area contributed by atoms with Crippen molar-refractivity contribution in [3.63, 3.8) is 0 Å². The molecule has 2 aromatic carbocycles. The van der Waals surface area contributed by atoms with Crippen LogP contribution in [0.15, 0.2) is 48.5 Å². The molecule has 0 bridgehead atoms. The first-order valence-electron chi connectivity index (χ1n) is 7.63. The van der Waals surface area contributed by atoms with Gasteiger partial charge in [-0.05, 0) is 35.9 Å². The first kappa shape index (κ1) is 20.0. The Morgan fingerprint density at radius 3 is 2.56 bits per heavy atom. The van der Waals surface area contributed by atoms with Crippen LogP contribution >= 0.6 is 0 Å². The summed E-state index contributed by atoms with van der Waals surface area (Å²) in [6, 6.07) is 8.25. The molecule has 0 amide bonds. The van der Waals surface area contributed by atoms with Crippen molar-refractivity contribution in [3.05, 3.63) is 65.2 Å². The summed E-state index contributed by atoms with van der Waals surface area (Å²) in [6.07, 6.45) is -2.15. The Labute approximate surface area is 152 Å². The monoisotopic (exact) mass is 380 g/mol. The Morgan fingerprint density at radius 1 is 1.15 bits per heavy atom. The number of benzene rings is 2. The van der Waals surface area contributed by atoms with Crippen LogP contribution in [0.4, 0.5) is 13.2 Å². The molecule has 0 aromatic heterocycles. The summed E-state index contributed by atoms with van der Waals surface area (Å²) in [5, 5.41) is 9.49. The first-order valence-corrected chi connectivity index (χ1v) is 7.63. The molecular weight excluding hydrogens is 365 g/mol. The van der Waals surface area contributed by atoms with Gasteiger partial charge >= 0.3 is 12.1 Å². The Balaban J connectivity index is 1.96. The number of Topliss-reactive ketones (excluding diaryl/α,β-unsaturated/α-hetero) is 1. The number of phenolic OH excluding ortho intramolecular Hbond substituents is 1. The van der Waals surface area contributed by atoms with E-state index in [1.54, 1.807) is 0 Å². The van der Waals surface area contributed by atoms with Crippen molar-refractivity contribution in [1.82, 2.24) is 0 Å². The number of aromatic hydroxyl groups is 1. The maximum atomic E-state index is 12.7. The van der Waals surface area contributed by atoms with Gasteiger partial charge in [0.2, 0.25) is 0 Å². The van der Waals surface area contributed by atoms with E-state index in [0.29, 0.717) is 11.6 Å². The second kappa shape index (κ2) is 8.39. The highest BCUT2D eigenvalue weighted by atomic mass is 19.4. The molecule has 8 heteroatoms. The van der Waals surface area contributed by atoms with E-state index in [1.165, 1.54) is 37.5 Å². The average Bonchev–Trinajstić information content (AvgIpc) is 2.64. The Hall–Kier alpha value is -3.29. The van der Waals surface area contributed by atoms with Gasteiger partial charge in [0.25, 0.3) is 0 Å². The summed E-state index contributed by atoms with van der Waals surface area (Å²) in [7, 11) is 1.37. The predicted octanol–water partition coefficient (Wildman–Crippen LogP) is 3.86. The van der Waals surface area contributed by atoms with Crippen LogP contribution in [0.5, 0.6) is 11.5 Å². The van der Waals surface area contributed by atoms with Crippen molar-refractivity contribution in [3.8, 4) is 11.5 Å². The second-order valence-corrected chi connectivity index (χ2v) is 5.37. The molecule has 0 heterocycles. The van der Waals surface area contributed by atoms with Gasteiger partial charge in [0.15, 0.2) is 23.9 Å². The number of ether oxygens (including phenoxy) is 2. The molecule has 0 aliphatic heterocycles. The van der Waals surface area contributed by atoms with Crippen LogP contribution in [0.2, 0.25) is 0 Å². The fraction of sp³-hybridized carbons (Fsp3) is 0.158. The maximum Gasteiger partial charge on any atom is 0.416 e. The van der Waals surface area contributed by atoms with Crippen LogP contribution in [0.3, 0.4) is 0 Å². The SMILES string of the molecule is COc1cc(/C=C/C(=O)OCC(=O)c2cccc(C(F)(F)F)c2)ccc1O. The maximum absolute atomic E-state index is 12.7. The third-order valence-corrected chi connectivity index (χ3v) is 3.47. The predicted molar refractivity (Wildman–Crippen MR) is 90.4 cm³/mol. The van der Waals surface area contributed by atoms with Crippen molar-refractivity contribution in [2.24, 2.45) is 0 Å². The summed E-state index contributed by atoms with van der Waals surface area (Å²) in [4.78, 5) is 23.6. The number of methoxy groups -OCH3 is 1. The van der Waals surface area contributed by atoms with E-state index < -0.39 is 30.1 Å². The van der Waals surface area contributed by atoms with Gasteiger partial charge in [0, 0.05) is 11.6 Å². The molecule has 5 nitrogen and oxygen atoms in total. The highest BCUT2D eigenvalue weighted by molar-refractivity contribution is 5.99. The number of carbonyl (C=O) groups is 2. The molecule has 142 valence electrons. The van der Waals surface area contributed by atoms with Gasteiger partial charge in [-0.2, -0.15) is 13.2 Å². The fourth-order valence-electron chi connectivity index (χ4n) is 2.10. The number of phenols is 1. The van der Waals surface area contributed by atoms with Crippen LogP contribution in [0.1, 0.15) is 21.5 Å². The van der Waals surface area contributed by atoms with E-state index in [2.05, 4.69) is 0 Å². The normalized spacial score (nSPS) is 11.4. The van der Waals surface area contributed by atoms with Gasteiger partial charge < -0.3 is 14.6 Å². The zero-order chi connectivity index (χ0) is 20.0. The van der Waals surface area contributed by atoms with Crippen molar-refractivity contribution < 1.29 is 37.3 Å². The van der Waals surface area contributed by atoms with Gasteiger partial charge in [0.1, 0.15) is 0 Å². The standard InChI is InChI=1S/C19H15F3O5/c1-26-17-9-12(5-7-15(17)23)6-8-18(25)27-11-16(24)13-3-2-4-14(10-13)19(20,21)22/h2-10,23H,11H2,1H3/b8-6+. The topological polar surface area (TPSA) is 72.8 Å².